The number of anilines is 1. The van der Waals surface area contributed by atoms with Crippen LogP contribution in [0.3, 0.4) is 0 Å². The predicted molar refractivity (Wildman–Crippen MR) is 73.3 cm³/mol. The summed E-state index contributed by atoms with van der Waals surface area (Å²) in [6, 6.07) is 13.7. The van der Waals surface area contributed by atoms with E-state index < -0.39 is 0 Å². The van der Waals surface area contributed by atoms with Gasteiger partial charge in [-0.2, -0.15) is 4.98 Å². The molecule has 0 saturated carbocycles. The average Bonchev–Trinajstić information content (AvgIpc) is 2.88. The molecule has 1 aromatic carbocycles. The van der Waals surface area contributed by atoms with Crippen molar-refractivity contribution in [3.8, 4) is 5.75 Å². The molecule has 0 unspecified atom stereocenters. The van der Waals surface area contributed by atoms with Gasteiger partial charge in [-0.05, 0) is 29.8 Å². The highest BCUT2D eigenvalue weighted by atomic mass is 16.5. The van der Waals surface area contributed by atoms with Crippen molar-refractivity contribution in [1.29, 1.82) is 0 Å². The molecule has 0 aliphatic heterocycles. The zero-order valence-corrected chi connectivity index (χ0v) is 10.6. The summed E-state index contributed by atoms with van der Waals surface area (Å²) in [5.41, 5.74) is 1.99. The number of nitrogens with zero attached hydrogens (tertiary/aromatic N) is 3. The SMILES string of the molecule is COc1ccc(CNc2nc3ccccn3n2)cc1. The predicted octanol–water partition coefficient (Wildman–Crippen LogP) is 2.35. The first kappa shape index (κ1) is 11.5. The lowest BCUT2D eigenvalue weighted by Gasteiger charge is -2.03. The van der Waals surface area contributed by atoms with Gasteiger partial charge >= 0.3 is 0 Å². The first-order valence-corrected chi connectivity index (χ1v) is 6.03. The third kappa shape index (κ3) is 2.49. The van der Waals surface area contributed by atoms with E-state index in [0.29, 0.717) is 12.5 Å². The number of pyridine rings is 1. The highest BCUT2D eigenvalue weighted by Crippen LogP contribution is 2.12. The van der Waals surface area contributed by atoms with Crippen LogP contribution in [-0.2, 0) is 6.54 Å². The van der Waals surface area contributed by atoms with Crippen LogP contribution in [0.15, 0.2) is 48.7 Å². The summed E-state index contributed by atoms with van der Waals surface area (Å²) in [5, 5.41) is 7.54. The molecule has 1 N–H and O–H groups in total. The molecule has 3 rings (SSSR count). The highest BCUT2D eigenvalue weighted by Gasteiger charge is 2.02. The largest absolute Gasteiger partial charge is 0.497 e. The fourth-order valence-corrected chi connectivity index (χ4v) is 1.83. The zero-order chi connectivity index (χ0) is 13.1. The van der Waals surface area contributed by atoms with E-state index in [9.17, 15) is 0 Å². The number of benzene rings is 1. The molecular weight excluding hydrogens is 240 g/mol. The number of ether oxygens (including phenoxy) is 1. The molecule has 5 heteroatoms. The maximum Gasteiger partial charge on any atom is 0.243 e. The van der Waals surface area contributed by atoms with E-state index in [0.717, 1.165) is 17.0 Å². The third-order valence-corrected chi connectivity index (χ3v) is 2.85. The van der Waals surface area contributed by atoms with Crippen molar-refractivity contribution in [3.05, 3.63) is 54.2 Å². The maximum atomic E-state index is 5.12. The molecule has 2 aromatic heterocycles. The van der Waals surface area contributed by atoms with Crippen molar-refractivity contribution >= 4 is 11.6 Å². The fourth-order valence-electron chi connectivity index (χ4n) is 1.83. The lowest BCUT2D eigenvalue weighted by atomic mass is 10.2. The fraction of sp³-hybridized carbons (Fsp3) is 0.143. The number of hydrogen-bond acceptors (Lipinski definition) is 4. The Labute approximate surface area is 110 Å². The Bertz CT molecular complexity index is 642. The second-order valence-corrected chi connectivity index (χ2v) is 4.14. The third-order valence-electron chi connectivity index (χ3n) is 2.85. The Morgan fingerprint density at radius 3 is 2.74 bits per heavy atom. The Morgan fingerprint density at radius 2 is 2.00 bits per heavy atom. The lowest BCUT2D eigenvalue weighted by Crippen LogP contribution is -2.01. The van der Waals surface area contributed by atoms with Crippen LogP contribution in [0, 0.1) is 0 Å². The molecule has 0 bridgehead atoms. The number of aromatic nitrogens is 3. The van der Waals surface area contributed by atoms with Gasteiger partial charge in [-0.25, -0.2) is 4.52 Å². The van der Waals surface area contributed by atoms with Gasteiger partial charge in [-0.1, -0.05) is 18.2 Å². The quantitative estimate of drug-likeness (QED) is 0.776. The Kier molecular flexibility index (Phi) is 3.02. The number of methoxy groups -OCH3 is 1. The van der Waals surface area contributed by atoms with Crippen LogP contribution in [0.2, 0.25) is 0 Å². The van der Waals surface area contributed by atoms with Crippen LogP contribution in [0.5, 0.6) is 5.75 Å². The summed E-state index contributed by atoms with van der Waals surface area (Å²) < 4.78 is 6.87. The molecule has 0 aliphatic rings. The summed E-state index contributed by atoms with van der Waals surface area (Å²) in [6.45, 7) is 0.681. The Hall–Kier alpha value is -2.56. The molecule has 0 radical (unpaired) electrons. The smallest absolute Gasteiger partial charge is 0.243 e. The van der Waals surface area contributed by atoms with Gasteiger partial charge in [0.05, 0.1) is 7.11 Å². The van der Waals surface area contributed by atoms with Gasteiger partial charge in [0.2, 0.25) is 5.95 Å². The molecule has 0 atom stereocenters. The Balaban J connectivity index is 1.70. The van der Waals surface area contributed by atoms with E-state index in [1.807, 2.05) is 48.7 Å². The number of fused-ring (bicyclic) bond motifs is 1. The summed E-state index contributed by atoms with van der Waals surface area (Å²) >= 11 is 0. The van der Waals surface area contributed by atoms with Gasteiger partial charge < -0.3 is 10.1 Å². The summed E-state index contributed by atoms with van der Waals surface area (Å²) in [6.07, 6.45) is 1.88. The molecule has 0 spiro atoms. The van der Waals surface area contributed by atoms with Crippen molar-refractivity contribution in [3.63, 3.8) is 0 Å². The summed E-state index contributed by atoms with van der Waals surface area (Å²) in [7, 11) is 1.66. The first-order valence-electron chi connectivity index (χ1n) is 6.03. The Morgan fingerprint density at radius 1 is 1.16 bits per heavy atom. The van der Waals surface area contributed by atoms with E-state index in [1.54, 1.807) is 11.6 Å². The van der Waals surface area contributed by atoms with Crippen LogP contribution in [0.4, 0.5) is 5.95 Å². The summed E-state index contributed by atoms with van der Waals surface area (Å²) in [5.74, 6) is 1.48. The van der Waals surface area contributed by atoms with E-state index in [4.69, 9.17) is 4.74 Å². The zero-order valence-electron chi connectivity index (χ0n) is 10.6. The van der Waals surface area contributed by atoms with Gasteiger partial charge in [0.15, 0.2) is 5.65 Å². The molecule has 3 aromatic rings. The molecule has 0 fully saturated rings. The molecular formula is C14H14N4O. The van der Waals surface area contributed by atoms with Gasteiger partial charge in [0.1, 0.15) is 5.75 Å². The second kappa shape index (κ2) is 4.97. The average molecular weight is 254 g/mol. The van der Waals surface area contributed by atoms with Gasteiger partial charge in [0, 0.05) is 12.7 Å². The molecule has 19 heavy (non-hydrogen) atoms. The number of nitrogens with one attached hydrogen (secondary N) is 1. The van der Waals surface area contributed by atoms with Crippen LogP contribution in [0.25, 0.3) is 5.65 Å². The molecule has 0 aliphatic carbocycles. The van der Waals surface area contributed by atoms with Gasteiger partial charge in [-0.15, -0.1) is 5.10 Å². The normalized spacial score (nSPS) is 10.6. The van der Waals surface area contributed by atoms with Crippen LogP contribution in [-0.4, -0.2) is 21.7 Å². The number of hydrogen-bond donors (Lipinski definition) is 1. The summed E-state index contributed by atoms with van der Waals surface area (Å²) in [4.78, 5) is 4.38. The van der Waals surface area contributed by atoms with Gasteiger partial charge in [0.25, 0.3) is 0 Å². The molecule has 5 nitrogen and oxygen atoms in total. The molecule has 0 amide bonds. The van der Waals surface area contributed by atoms with Crippen LogP contribution >= 0.6 is 0 Å². The second-order valence-electron chi connectivity index (χ2n) is 4.14. The minimum atomic E-state index is 0.627. The van der Waals surface area contributed by atoms with Gasteiger partial charge in [-0.3, -0.25) is 0 Å². The lowest BCUT2D eigenvalue weighted by molar-refractivity contribution is 0.414. The van der Waals surface area contributed by atoms with Crippen molar-refractivity contribution in [2.75, 3.05) is 12.4 Å². The molecule has 0 saturated heterocycles. The topological polar surface area (TPSA) is 51.5 Å². The highest BCUT2D eigenvalue weighted by molar-refractivity contribution is 5.43. The van der Waals surface area contributed by atoms with Crippen molar-refractivity contribution in [1.82, 2.24) is 14.6 Å². The van der Waals surface area contributed by atoms with E-state index >= 15 is 0 Å². The van der Waals surface area contributed by atoms with Crippen molar-refractivity contribution in [2.45, 2.75) is 6.54 Å². The van der Waals surface area contributed by atoms with Crippen LogP contribution < -0.4 is 10.1 Å². The minimum absolute atomic E-state index is 0.627. The standard InChI is InChI=1S/C14H14N4O/c1-19-12-7-5-11(6-8-12)10-15-14-16-13-4-2-3-9-18(13)17-14/h2-9H,10H2,1H3,(H,15,17). The van der Waals surface area contributed by atoms with E-state index in [-0.39, 0.29) is 0 Å². The maximum absolute atomic E-state index is 5.12. The minimum Gasteiger partial charge on any atom is -0.497 e. The van der Waals surface area contributed by atoms with Crippen LogP contribution in [0.1, 0.15) is 5.56 Å². The van der Waals surface area contributed by atoms with Crippen molar-refractivity contribution < 1.29 is 4.74 Å². The molecule has 96 valence electrons. The van der Waals surface area contributed by atoms with E-state index in [2.05, 4.69) is 15.4 Å². The van der Waals surface area contributed by atoms with Crippen molar-refractivity contribution in [2.24, 2.45) is 0 Å². The first-order chi connectivity index (χ1) is 9.35. The number of rotatable bonds is 4. The van der Waals surface area contributed by atoms with E-state index in [1.165, 1.54) is 0 Å². The monoisotopic (exact) mass is 254 g/mol. The molecule has 2 heterocycles.